The number of rotatable bonds is 12. The first-order valence-corrected chi connectivity index (χ1v) is 9.73. The molecule has 0 aromatic carbocycles. The second-order valence-corrected chi connectivity index (χ2v) is 7.86. The third kappa shape index (κ3) is 7.69. The molecule has 3 atom stereocenters. The second kappa shape index (κ2) is 11.1. The Balaban J connectivity index is 2.54. The number of hydrogen-bond acceptors (Lipinski definition) is 3. The van der Waals surface area contributed by atoms with Gasteiger partial charge >= 0.3 is 5.97 Å². The van der Waals surface area contributed by atoms with Crippen LogP contribution in [0.25, 0.3) is 0 Å². The molecule has 1 aliphatic carbocycles. The Morgan fingerprint density at radius 2 is 2.04 bits per heavy atom. The fourth-order valence-electron chi connectivity index (χ4n) is 3.13. The monoisotopic (exact) mass is 362 g/mol. The molecule has 1 aliphatic rings. The maximum atomic E-state index is 12.1. The Morgan fingerprint density at radius 3 is 2.69 bits per heavy atom. The summed E-state index contributed by atoms with van der Waals surface area (Å²) in [7, 11) is 0. The van der Waals surface area contributed by atoms with Gasteiger partial charge in [0.05, 0.1) is 6.10 Å². The molecule has 1 rings (SSSR count). The van der Waals surface area contributed by atoms with Crippen LogP contribution in [-0.4, -0.2) is 28.1 Å². The minimum absolute atomic E-state index is 0.0165. The molecule has 0 aliphatic heterocycles. The van der Waals surface area contributed by atoms with Crippen LogP contribution >= 0.6 is 0 Å². The van der Waals surface area contributed by atoms with E-state index in [1.54, 1.807) is 6.08 Å². The van der Waals surface area contributed by atoms with E-state index < -0.39 is 12.1 Å². The molecule has 0 saturated carbocycles. The van der Waals surface area contributed by atoms with Crippen molar-refractivity contribution in [3.63, 3.8) is 0 Å². The van der Waals surface area contributed by atoms with Crippen LogP contribution in [0.1, 0.15) is 65.7 Å². The minimum atomic E-state index is -0.779. The molecule has 26 heavy (non-hydrogen) atoms. The fourth-order valence-corrected chi connectivity index (χ4v) is 3.13. The van der Waals surface area contributed by atoms with Crippen LogP contribution in [0.15, 0.2) is 36.5 Å². The van der Waals surface area contributed by atoms with E-state index in [4.69, 9.17) is 5.11 Å². The predicted molar refractivity (Wildman–Crippen MR) is 105 cm³/mol. The molecule has 0 saturated heterocycles. The summed E-state index contributed by atoms with van der Waals surface area (Å²) in [5.41, 5.74) is -0.168. The quantitative estimate of drug-likeness (QED) is 0.390. The van der Waals surface area contributed by atoms with E-state index in [9.17, 15) is 14.7 Å². The van der Waals surface area contributed by atoms with Crippen molar-refractivity contribution >= 4 is 11.8 Å². The SMILES string of the molecule is CCCCC(C)(C)C(O)/C=C/[C@H]1C=CC(=O)C1C/C=C\CCCC(=O)O. The van der Waals surface area contributed by atoms with Gasteiger partial charge in [-0.05, 0) is 37.2 Å². The number of carboxylic acids is 1. The summed E-state index contributed by atoms with van der Waals surface area (Å²) in [6, 6.07) is 0. The van der Waals surface area contributed by atoms with Crippen molar-refractivity contribution in [2.24, 2.45) is 17.3 Å². The third-order valence-corrected chi connectivity index (χ3v) is 5.12. The average Bonchev–Trinajstić information content (AvgIpc) is 2.93. The molecule has 0 aromatic rings. The van der Waals surface area contributed by atoms with Gasteiger partial charge in [-0.15, -0.1) is 0 Å². The lowest BCUT2D eigenvalue weighted by Crippen LogP contribution is -2.27. The fraction of sp³-hybridized carbons (Fsp3) is 0.636. The first-order chi connectivity index (χ1) is 12.3. The molecule has 4 nitrogen and oxygen atoms in total. The van der Waals surface area contributed by atoms with Gasteiger partial charge < -0.3 is 10.2 Å². The highest BCUT2D eigenvalue weighted by Gasteiger charge is 2.29. The molecule has 0 bridgehead atoms. The second-order valence-electron chi connectivity index (χ2n) is 7.86. The van der Waals surface area contributed by atoms with E-state index in [2.05, 4.69) is 20.8 Å². The summed E-state index contributed by atoms with van der Waals surface area (Å²) >= 11 is 0. The van der Waals surface area contributed by atoms with Gasteiger partial charge in [-0.2, -0.15) is 0 Å². The van der Waals surface area contributed by atoms with Crippen molar-refractivity contribution < 1.29 is 19.8 Å². The lowest BCUT2D eigenvalue weighted by molar-refractivity contribution is -0.137. The number of carbonyl (C=O) groups is 2. The van der Waals surface area contributed by atoms with Gasteiger partial charge in [0, 0.05) is 18.3 Å². The number of ketones is 1. The number of aliphatic carboxylic acids is 1. The zero-order valence-corrected chi connectivity index (χ0v) is 16.4. The van der Waals surface area contributed by atoms with E-state index in [1.165, 1.54) is 0 Å². The average molecular weight is 363 g/mol. The van der Waals surface area contributed by atoms with Crippen LogP contribution in [0.5, 0.6) is 0 Å². The van der Waals surface area contributed by atoms with Crippen LogP contribution in [0, 0.1) is 17.3 Å². The van der Waals surface area contributed by atoms with Crippen molar-refractivity contribution in [2.75, 3.05) is 0 Å². The largest absolute Gasteiger partial charge is 0.481 e. The highest BCUT2D eigenvalue weighted by atomic mass is 16.4. The van der Waals surface area contributed by atoms with Gasteiger partial charge in [-0.3, -0.25) is 9.59 Å². The molecule has 0 radical (unpaired) electrons. The molecule has 0 spiro atoms. The van der Waals surface area contributed by atoms with E-state index in [0.717, 1.165) is 19.3 Å². The highest BCUT2D eigenvalue weighted by Crippen LogP contribution is 2.31. The lowest BCUT2D eigenvalue weighted by Gasteiger charge is -2.28. The van der Waals surface area contributed by atoms with Crippen LogP contribution in [0.4, 0.5) is 0 Å². The van der Waals surface area contributed by atoms with Crippen molar-refractivity contribution in [1.82, 2.24) is 0 Å². The van der Waals surface area contributed by atoms with Crippen molar-refractivity contribution in [3.05, 3.63) is 36.5 Å². The molecule has 0 heterocycles. The Bertz CT molecular complexity index is 542. The first kappa shape index (κ1) is 22.4. The number of aliphatic hydroxyl groups is 1. The van der Waals surface area contributed by atoms with Crippen molar-refractivity contribution in [3.8, 4) is 0 Å². The van der Waals surface area contributed by atoms with Crippen LogP contribution < -0.4 is 0 Å². The van der Waals surface area contributed by atoms with Crippen LogP contribution in [-0.2, 0) is 9.59 Å². The summed E-state index contributed by atoms with van der Waals surface area (Å²) in [6.45, 7) is 6.29. The molecule has 0 aromatic heterocycles. The van der Waals surface area contributed by atoms with E-state index in [1.807, 2.05) is 30.4 Å². The number of carboxylic acid groups (broad SMARTS) is 1. The Labute approximate surface area is 157 Å². The summed E-state index contributed by atoms with van der Waals surface area (Å²) in [5.74, 6) is -0.760. The van der Waals surface area contributed by atoms with Gasteiger partial charge in [-0.25, -0.2) is 0 Å². The maximum absolute atomic E-state index is 12.1. The smallest absolute Gasteiger partial charge is 0.303 e. The van der Waals surface area contributed by atoms with Crippen molar-refractivity contribution in [1.29, 1.82) is 0 Å². The zero-order valence-electron chi connectivity index (χ0n) is 16.4. The van der Waals surface area contributed by atoms with Gasteiger partial charge in [0.2, 0.25) is 0 Å². The van der Waals surface area contributed by atoms with Crippen LogP contribution in [0.3, 0.4) is 0 Å². The predicted octanol–water partition coefficient (Wildman–Crippen LogP) is 4.69. The van der Waals surface area contributed by atoms with Gasteiger partial charge in [0.1, 0.15) is 0 Å². The van der Waals surface area contributed by atoms with E-state index in [-0.39, 0.29) is 29.5 Å². The number of unbranched alkanes of at least 4 members (excludes halogenated alkanes) is 2. The zero-order chi connectivity index (χ0) is 19.6. The molecule has 4 heteroatoms. The number of allylic oxidation sites excluding steroid dienone is 5. The van der Waals surface area contributed by atoms with Crippen molar-refractivity contribution in [2.45, 2.75) is 71.8 Å². The summed E-state index contributed by atoms with van der Waals surface area (Å²) in [5, 5.41) is 19.1. The molecule has 0 amide bonds. The summed E-state index contributed by atoms with van der Waals surface area (Å²) in [4.78, 5) is 22.6. The van der Waals surface area contributed by atoms with E-state index >= 15 is 0 Å². The maximum Gasteiger partial charge on any atom is 0.303 e. The Morgan fingerprint density at radius 1 is 1.31 bits per heavy atom. The van der Waals surface area contributed by atoms with Gasteiger partial charge in [0.25, 0.3) is 0 Å². The normalized spacial score (nSPS) is 21.9. The lowest BCUT2D eigenvalue weighted by atomic mass is 9.80. The molecular weight excluding hydrogens is 328 g/mol. The standard InChI is InChI=1S/C22H34O4/c1-4-5-16-22(2,3)20(24)15-13-17-12-14-19(23)18(17)10-8-6-7-9-11-21(25)26/h6,8,12-15,17-18,20,24H,4-5,7,9-11,16H2,1-3H3,(H,25,26)/b8-6-,15-13+/t17-,18?,20?/m1/s1. The summed E-state index contributed by atoms with van der Waals surface area (Å²) in [6.07, 6.45) is 16.1. The number of hydrogen-bond donors (Lipinski definition) is 2. The molecule has 2 unspecified atom stereocenters. The topological polar surface area (TPSA) is 74.6 Å². The van der Waals surface area contributed by atoms with Gasteiger partial charge in [-0.1, -0.05) is 64.0 Å². The number of carbonyl (C=O) groups excluding carboxylic acids is 1. The van der Waals surface area contributed by atoms with E-state index in [0.29, 0.717) is 19.3 Å². The Kier molecular flexibility index (Phi) is 9.57. The molecular formula is C22H34O4. The third-order valence-electron chi connectivity index (χ3n) is 5.12. The molecule has 0 fully saturated rings. The summed E-state index contributed by atoms with van der Waals surface area (Å²) < 4.78 is 0. The minimum Gasteiger partial charge on any atom is -0.481 e. The molecule has 2 N–H and O–H groups in total. The number of aliphatic hydroxyl groups excluding tert-OH is 1. The highest BCUT2D eigenvalue weighted by molar-refractivity contribution is 5.95. The van der Waals surface area contributed by atoms with Crippen LogP contribution in [0.2, 0.25) is 0 Å². The first-order valence-electron chi connectivity index (χ1n) is 9.73. The Hall–Kier alpha value is -1.68. The van der Waals surface area contributed by atoms with Gasteiger partial charge in [0.15, 0.2) is 5.78 Å². The molecule has 146 valence electrons.